The van der Waals surface area contributed by atoms with Crippen LogP contribution < -0.4 is 5.73 Å². The minimum atomic E-state index is -0.360. The van der Waals surface area contributed by atoms with E-state index in [4.69, 9.17) is 10.5 Å². The second kappa shape index (κ2) is 4.38. The molecule has 14 heavy (non-hydrogen) atoms. The first-order chi connectivity index (χ1) is 6.45. The molecule has 0 fully saturated rings. The predicted octanol–water partition coefficient (Wildman–Crippen LogP) is 2.43. The molecule has 0 saturated carbocycles. The van der Waals surface area contributed by atoms with Crippen molar-refractivity contribution in [1.82, 2.24) is 4.98 Å². The van der Waals surface area contributed by atoms with Crippen LogP contribution in [0.15, 0.2) is 5.38 Å². The molecule has 2 N–H and O–H groups in total. The van der Waals surface area contributed by atoms with Crippen molar-refractivity contribution in [2.45, 2.75) is 39.3 Å². The Kier molecular flexibility index (Phi) is 3.64. The SMILES string of the molecule is CCOC(C)c1nc(C(C)(C)N)cs1. The van der Waals surface area contributed by atoms with Gasteiger partial charge in [-0.2, -0.15) is 0 Å². The van der Waals surface area contributed by atoms with E-state index in [0.29, 0.717) is 6.61 Å². The Morgan fingerprint density at radius 1 is 1.64 bits per heavy atom. The monoisotopic (exact) mass is 214 g/mol. The van der Waals surface area contributed by atoms with Crippen LogP contribution in [-0.4, -0.2) is 11.6 Å². The molecule has 0 bridgehead atoms. The molecule has 4 heteroatoms. The summed E-state index contributed by atoms with van der Waals surface area (Å²) in [4.78, 5) is 4.47. The van der Waals surface area contributed by atoms with Gasteiger partial charge in [-0.15, -0.1) is 11.3 Å². The van der Waals surface area contributed by atoms with Crippen molar-refractivity contribution >= 4 is 11.3 Å². The van der Waals surface area contributed by atoms with Gasteiger partial charge < -0.3 is 10.5 Å². The third kappa shape index (κ3) is 2.77. The summed E-state index contributed by atoms with van der Waals surface area (Å²) < 4.78 is 5.46. The average molecular weight is 214 g/mol. The molecular weight excluding hydrogens is 196 g/mol. The highest BCUT2D eigenvalue weighted by Crippen LogP contribution is 2.25. The van der Waals surface area contributed by atoms with Crippen LogP contribution in [0, 0.1) is 0 Å². The molecule has 0 spiro atoms. The first-order valence-electron chi connectivity index (χ1n) is 4.81. The number of hydrogen-bond acceptors (Lipinski definition) is 4. The lowest BCUT2D eigenvalue weighted by Crippen LogP contribution is -2.29. The highest BCUT2D eigenvalue weighted by Gasteiger charge is 2.19. The van der Waals surface area contributed by atoms with Gasteiger partial charge in [0.2, 0.25) is 0 Å². The van der Waals surface area contributed by atoms with E-state index < -0.39 is 0 Å². The van der Waals surface area contributed by atoms with Crippen LogP contribution >= 0.6 is 11.3 Å². The third-order valence-corrected chi connectivity index (χ3v) is 2.95. The van der Waals surface area contributed by atoms with E-state index in [0.717, 1.165) is 10.7 Å². The van der Waals surface area contributed by atoms with Crippen molar-refractivity contribution in [1.29, 1.82) is 0 Å². The molecule has 1 aromatic rings. The summed E-state index contributed by atoms with van der Waals surface area (Å²) in [5.41, 5.74) is 6.52. The van der Waals surface area contributed by atoms with E-state index in [2.05, 4.69) is 4.98 Å². The second-order valence-corrected chi connectivity index (χ2v) is 4.78. The van der Waals surface area contributed by atoms with Gasteiger partial charge in [-0.3, -0.25) is 0 Å². The van der Waals surface area contributed by atoms with Gasteiger partial charge in [-0.1, -0.05) is 0 Å². The number of ether oxygens (including phenoxy) is 1. The average Bonchev–Trinajstić information content (AvgIpc) is 2.51. The van der Waals surface area contributed by atoms with E-state index in [9.17, 15) is 0 Å². The lowest BCUT2D eigenvalue weighted by molar-refractivity contribution is 0.0760. The van der Waals surface area contributed by atoms with Crippen LogP contribution in [0.2, 0.25) is 0 Å². The Morgan fingerprint density at radius 3 is 2.71 bits per heavy atom. The quantitative estimate of drug-likeness (QED) is 0.837. The molecule has 1 heterocycles. The van der Waals surface area contributed by atoms with Crippen molar-refractivity contribution in [2.24, 2.45) is 5.73 Å². The molecule has 0 saturated heterocycles. The lowest BCUT2D eigenvalue weighted by Gasteiger charge is -2.15. The zero-order chi connectivity index (χ0) is 10.8. The molecule has 1 atom stereocenters. The number of nitrogens with two attached hydrogens (primary N) is 1. The molecule has 0 aliphatic rings. The van der Waals surface area contributed by atoms with E-state index in [1.165, 1.54) is 0 Å². The van der Waals surface area contributed by atoms with Crippen molar-refractivity contribution in [2.75, 3.05) is 6.61 Å². The lowest BCUT2D eigenvalue weighted by atomic mass is 10.0. The molecule has 1 aromatic heterocycles. The van der Waals surface area contributed by atoms with Gasteiger partial charge in [0.1, 0.15) is 11.1 Å². The van der Waals surface area contributed by atoms with Gasteiger partial charge in [0, 0.05) is 12.0 Å². The van der Waals surface area contributed by atoms with Gasteiger partial charge >= 0.3 is 0 Å². The number of rotatable bonds is 4. The Hall–Kier alpha value is -0.450. The van der Waals surface area contributed by atoms with E-state index >= 15 is 0 Å². The minimum Gasteiger partial charge on any atom is -0.372 e. The highest BCUT2D eigenvalue weighted by atomic mass is 32.1. The predicted molar refractivity (Wildman–Crippen MR) is 59.4 cm³/mol. The van der Waals surface area contributed by atoms with Crippen LogP contribution in [0.4, 0.5) is 0 Å². The van der Waals surface area contributed by atoms with Crippen molar-refractivity contribution < 1.29 is 4.74 Å². The smallest absolute Gasteiger partial charge is 0.122 e. The van der Waals surface area contributed by atoms with Gasteiger partial charge in [-0.25, -0.2) is 4.98 Å². The Labute approximate surface area is 89.3 Å². The first kappa shape index (κ1) is 11.6. The molecule has 0 aliphatic carbocycles. The third-order valence-electron chi connectivity index (χ3n) is 1.95. The Morgan fingerprint density at radius 2 is 2.29 bits per heavy atom. The molecule has 80 valence electrons. The molecule has 0 aromatic carbocycles. The first-order valence-corrected chi connectivity index (χ1v) is 5.69. The summed E-state index contributed by atoms with van der Waals surface area (Å²) in [5, 5.41) is 3.01. The van der Waals surface area contributed by atoms with Crippen LogP contribution in [-0.2, 0) is 10.3 Å². The fourth-order valence-corrected chi connectivity index (χ4v) is 2.09. The number of hydrogen-bond donors (Lipinski definition) is 1. The van der Waals surface area contributed by atoms with Crippen molar-refractivity contribution in [3.05, 3.63) is 16.1 Å². The largest absolute Gasteiger partial charge is 0.372 e. The van der Waals surface area contributed by atoms with Crippen molar-refractivity contribution in [3.63, 3.8) is 0 Å². The van der Waals surface area contributed by atoms with Gasteiger partial charge in [0.25, 0.3) is 0 Å². The van der Waals surface area contributed by atoms with Crippen LogP contribution in [0.25, 0.3) is 0 Å². The maximum absolute atomic E-state index is 5.95. The maximum Gasteiger partial charge on any atom is 0.122 e. The molecule has 0 aliphatic heterocycles. The Balaban J connectivity index is 2.78. The van der Waals surface area contributed by atoms with Gasteiger partial charge in [0.05, 0.1) is 11.2 Å². The molecule has 1 rings (SSSR count). The van der Waals surface area contributed by atoms with Gasteiger partial charge in [-0.05, 0) is 27.7 Å². The standard InChI is InChI=1S/C10H18N2OS/c1-5-13-7(2)9-12-8(6-14-9)10(3,4)11/h6-7H,5,11H2,1-4H3. The molecular formula is C10H18N2OS. The zero-order valence-corrected chi connectivity index (χ0v) is 10.0. The summed E-state index contributed by atoms with van der Waals surface area (Å²) in [5.74, 6) is 0. The highest BCUT2D eigenvalue weighted by molar-refractivity contribution is 7.09. The topological polar surface area (TPSA) is 48.1 Å². The van der Waals surface area contributed by atoms with Crippen LogP contribution in [0.3, 0.4) is 0 Å². The van der Waals surface area contributed by atoms with Crippen LogP contribution in [0.1, 0.15) is 44.5 Å². The maximum atomic E-state index is 5.95. The summed E-state index contributed by atoms with van der Waals surface area (Å²) >= 11 is 1.61. The van der Waals surface area contributed by atoms with E-state index in [-0.39, 0.29) is 11.6 Å². The number of thiazole rings is 1. The number of nitrogens with zero attached hydrogens (tertiary/aromatic N) is 1. The molecule has 1 unspecified atom stereocenters. The fourth-order valence-electron chi connectivity index (χ4n) is 1.09. The molecule has 0 radical (unpaired) electrons. The van der Waals surface area contributed by atoms with Crippen LogP contribution in [0.5, 0.6) is 0 Å². The molecule has 0 amide bonds. The Bertz CT molecular complexity index is 291. The summed E-state index contributed by atoms with van der Waals surface area (Å²) in [7, 11) is 0. The molecule has 3 nitrogen and oxygen atoms in total. The second-order valence-electron chi connectivity index (χ2n) is 3.89. The number of aromatic nitrogens is 1. The summed E-state index contributed by atoms with van der Waals surface area (Å²) in [6.07, 6.45) is 0.0705. The zero-order valence-electron chi connectivity index (χ0n) is 9.20. The summed E-state index contributed by atoms with van der Waals surface area (Å²) in [6.45, 7) is 8.62. The minimum absolute atomic E-state index is 0.0705. The van der Waals surface area contributed by atoms with Crippen molar-refractivity contribution in [3.8, 4) is 0 Å². The van der Waals surface area contributed by atoms with Gasteiger partial charge in [0.15, 0.2) is 0 Å². The van der Waals surface area contributed by atoms with E-state index in [1.54, 1.807) is 11.3 Å². The normalized spacial score (nSPS) is 14.4. The fraction of sp³-hybridized carbons (Fsp3) is 0.700. The van der Waals surface area contributed by atoms with E-state index in [1.807, 2.05) is 33.1 Å². The summed E-state index contributed by atoms with van der Waals surface area (Å²) in [6, 6.07) is 0.